The van der Waals surface area contributed by atoms with Gasteiger partial charge in [-0.05, 0) is 54.5 Å². The van der Waals surface area contributed by atoms with Crippen molar-refractivity contribution in [2.45, 2.75) is 32.4 Å². The lowest BCUT2D eigenvalue weighted by Gasteiger charge is -2.08. The van der Waals surface area contributed by atoms with Crippen LogP contribution in [0.3, 0.4) is 0 Å². The summed E-state index contributed by atoms with van der Waals surface area (Å²) in [5.41, 5.74) is 1.31. The van der Waals surface area contributed by atoms with Crippen LogP contribution in [0.2, 0.25) is 0 Å². The van der Waals surface area contributed by atoms with Gasteiger partial charge in [-0.2, -0.15) is 0 Å². The molecule has 8 nitrogen and oxygen atoms in total. The number of hydrogen-bond donors (Lipinski definition) is 2. The van der Waals surface area contributed by atoms with E-state index in [0.29, 0.717) is 24.1 Å². The van der Waals surface area contributed by atoms with Gasteiger partial charge in [-0.1, -0.05) is 12.1 Å². The molecule has 2 amide bonds. The SMILES string of the molecule is Cc1ccc(CNC(=O)C(=O)Nc2cccc(-c3nnnn3C3CC3)c2)s1. The predicted octanol–water partition coefficient (Wildman–Crippen LogP) is 2.30. The van der Waals surface area contributed by atoms with Crippen LogP contribution in [0.4, 0.5) is 5.69 Å². The topological polar surface area (TPSA) is 102 Å². The summed E-state index contributed by atoms with van der Waals surface area (Å²) in [6, 6.07) is 11.4. The molecule has 0 unspecified atom stereocenters. The van der Waals surface area contributed by atoms with Crippen molar-refractivity contribution in [3.8, 4) is 11.4 Å². The molecular weight excluding hydrogens is 364 g/mol. The molecule has 1 fully saturated rings. The summed E-state index contributed by atoms with van der Waals surface area (Å²) >= 11 is 1.59. The first-order valence-corrected chi connectivity index (χ1v) is 9.44. The molecule has 0 atom stereocenters. The summed E-state index contributed by atoms with van der Waals surface area (Å²) in [5, 5.41) is 17.1. The third-order valence-electron chi connectivity index (χ3n) is 4.19. The van der Waals surface area contributed by atoms with Crippen LogP contribution in [0, 0.1) is 6.92 Å². The highest BCUT2D eigenvalue weighted by molar-refractivity contribution is 7.11. The van der Waals surface area contributed by atoms with E-state index in [-0.39, 0.29) is 0 Å². The van der Waals surface area contributed by atoms with Gasteiger partial charge in [0.25, 0.3) is 0 Å². The number of carbonyl (C=O) groups excluding carboxylic acids is 2. The second kappa shape index (κ2) is 7.28. The normalized spacial score (nSPS) is 13.4. The molecule has 0 aliphatic heterocycles. The minimum Gasteiger partial charge on any atom is -0.343 e. The van der Waals surface area contributed by atoms with Crippen molar-refractivity contribution in [3.63, 3.8) is 0 Å². The van der Waals surface area contributed by atoms with Gasteiger partial charge < -0.3 is 10.6 Å². The Morgan fingerprint density at radius 1 is 1.22 bits per heavy atom. The molecule has 27 heavy (non-hydrogen) atoms. The zero-order valence-corrected chi connectivity index (χ0v) is 15.5. The molecule has 0 bridgehead atoms. The first-order valence-electron chi connectivity index (χ1n) is 8.63. The molecule has 2 aromatic heterocycles. The smallest absolute Gasteiger partial charge is 0.313 e. The van der Waals surface area contributed by atoms with Crippen LogP contribution >= 0.6 is 11.3 Å². The number of hydrogen-bond acceptors (Lipinski definition) is 6. The van der Waals surface area contributed by atoms with Gasteiger partial charge in [0.2, 0.25) is 0 Å². The molecule has 1 aliphatic rings. The molecular formula is C18H18N6O2S. The Morgan fingerprint density at radius 3 is 2.81 bits per heavy atom. The lowest BCUT2D eigenvalue weighted by molar-refractivity contribution is -0.136. The summed E-state index contributed by atoms with van der Waals surface area (Å²) in [5.74, 6) is -0.720. The maximum atomic E-state index is 12.2. The van der Waals surface area contributed by atoms with E-state index >= 15 is 0 Å². The summed E-state index contributed by atoms with van der Waals surface area (Å²) < 4.78 is 1.80. The second-order valence-corrected chi connectivity index (χ2v) is 7.78. The van der Waals surface area contributed by atoms with E-state index in [9.17, 15) is 9.59 Å². The Labute approximate surface area is 159 Å². The van der Waals surface area contributed by atoms with Gasteiger partial charge in [-0.25, -0.2) is 4.68 Å². The average molecular weight is 382 g/mol. The first kappa shape index (κ1) is 17.3. The van der Waals surface area contributed by atoms with Crippen LogP contribution in [-0.2, 0) is 16.1 Å². The molecule has 1 saturated carbocycles. The van der Waals surface area contributed by atoms with Gasteiger partial charge in [0.1, 0.15) is 0 Å². The van der Waals surface area contributed by atoms with Gasteiger partial charge in [-0.3, -0.25) is 9.59 Å². The van der Waals surface area contributed by atoms with Crippen molar-refractivity contribution in [1.82, 2.24) is 25.5 Å². The van der Waals surface area contributed by atoms with Crippen LogP contribution in [0.5, 0.6) is 0 Å². The van der Waals surface area contributed by atoms with E-state index in [0.717, 1.165) is 28.2 Å². The van der Waals surface area contributed by atoms with Crippen LogP contribution < -0.4 is 10.6 Å². The standard InChI is InChI=1S/C18H18N6O2S/c1-11-5-8-15(27-11)10-19-17(25)18(26)20-13-4-2-3-12(9-13)16-21-22-23-24(16)14-6-7-14/h2-5,8-9,14H,6-7,10H2,1H3,(H,19,25)(H,20,26). The van der Waals surface area contributed by atoms with Crippen molar-refractivity contribution in [1.29, 1.82) is 0 Å². The maximum Gasteiger partial charge on any atom is 0.313 e. The summed E-state index contributed by atoms with van der Waals surface area (Å²) in [6.07, 6.45) is 2.14. The molecule has 1 aromatic carbocycles. The van der Waals surface area contributed by atoms with Crippen molar-refractivity contribution >= 4 is 28.8 Å². The maximum absolute atomic E-state index is 12.2. The molecule has 138 valence electrons. The van der Waals surface area contributed by atoms with Crippen molar-refractivity contribution in [3.05, 3.63) is 46.2 Å². The lowest BCUT2D eigenvalue weighted by Crippen LogP contribution is -2.34. The number of anilines is 1. The van der Waals surface area contributed by atoms with Gasteiger partial charge in [-0.15, -0.1) is 16.4 Å². The first-order chi connectivity index (χ1) is 13.1. The van der Waals surface area contributed by atoms with Crippen molar-refractivity contribution in [2.75, 3.05) is 5.32 Å². The van der Waals surface area contributed by atoms with Crippen LogP contribution in [-0.4, -0.2) is 32.0 Å². The Balaban J connectivity index is 1.40. The average Bonchev–Trinajstić information content (AvgIpc) is 3.23. The number of amides is 2. The largest absolute Gasteiger partial charge is 0.343 e. The van der Waals surface area contributed by atoms with Gasteiger partial charge in [0.05, 0.1) is 12.6 Å². The molecule has 2 N–H and O–H groups in total. The second-order valence-electron chi connectivity index (χ2n) is 6.41. The van der Waals surface area contributed by atoms with E-state index < -0.39 is 11.8 Å². The fourth-order valence-corrected chi connectivity index (χ4v) is 3.53. The molecule has 0 radical (unpaired) electrons. The third-order valence-corrected chi connectivity index (χ3v) is 5.19. The fraction of sp³-hybridized carbons (Fsp3) is 0.278. The van der Waals surface area contributed by atoms with Crippen molar-refractivity contribution in [2.24, 2.45) is 0 Å². The molecule has 2 heterocycles. The quantitative estimate of drug-likeness (QED) is 0.659. The summed E-state index contributed by atoms with van der Waals surface area (Å²) in [4.78, 5) is 26.4. The Kier molecular flexibility index (Phi) is 4.68. The Bertz CT molecular complexity index is 991. The number of carbonyl (C=O) groups is 2. The number of aromatic nitrogens is 4. The van der Waals surface area contributed by atoms with Crippen molar-refractivity contribution < 1.29 is 9.59 Å². The number of nitrogens with one attached hydrogen (secondary N) is 2. The minimum absolute atomic E-state index is 0.334. The minimum atomic E-state index is -0.706. The van der Waals surface area contributed by atoms with Gasteiger partial charge in [0, 0.05) is 21.0 Å². The van der Waals surface area contributed by atoms with E-state index in [1.807, 2.05) is 25.1 Å². The number of tetrazole rings is 1. The molecule has 0 spiro atoms. The van der Waals surface area contributed by atoms with E-state index in [4.69, 9.17) is 0 Å². The van der Waals surface area contributed by atoms with E-state index in [1.54, 1.807) is 34.2 Å². The molecule has 0 saturated heterocycles. The highest BCUT2D eigenvalue weighted by Crippen LogP contribution is 2.36. The highest BCUT2D eigenvalue weighted by atomic mass is 32.1. The van der Waals surface area contributed by atoms with E-state index in [1.165, 1.54) is 0 Å². The summed E-state index contributed by atoms with van der Waals surface area (Å²) in [6.45, 7) is 2.33. The van der Waals surface area contributed by atoms with Crippen LogP contribution in [0.25, 0.3) is 11.4 Å². The Hall–Kier alpha value is -3.07. The highest BCUT2D eigenvalue weighted by Gasteiger charge is 2.28. The molecule has 9 heteroatoms. The molecule has 4 rings (SSSR count). The number of rotatable bonds is 5. The van der Waals surface area contributed by atoms with Gasteiger partial charge >= 0.3 is 11.8 Å². The van der Waals surface area contributed by atoms with E-state index in [2.05, 4.69) is 26.2 Å². The number of nitrogens with zero attached hydrogens (tertiary/aromatic N) is 4. The Morgan fingerprint density at radius 2 is 2.07 bits per heavy atom. The zero-order chi connectivity index (χ0) is 18.8. The number of aryl methyl sites for hydroxylation is 1. The third kappa shape index (κ3) is 4.03. The monoisotopic (exact) mass is 382 g/mol. The van der Waals surface area contributed by atoms with Crippen LogP contribution in [0.15, 0.2) is 36.4 Å². The number of thiophene rings is 1. The fourth-order valence-electron chi connectivity index (χ4n) is 2.70. The molecule has 3 aromatic rings. The predicted molar refractivity (Wildman–Crippen MR) is 101 cm³/mol. The van der Waals surface area contributed by atoms with Gasteiger partial charge in [0.15, 0.2) is 5.82 Å². The van der Waals surface area contributed by atoms with Crippen LogP contribution in [0.1, 0.15) is 28.6 Å². The lowest BCUT2D eigenvalue weighted by atomic mass is 10.2. The molecule has 1 aliphatic carbocycles. The summed E-state index contributed by atoms with van der Waals surface area (Å²) in [7, 11) is 0. The number of benzene rings is 1. The zero-order valence-electron chi connectivity index (χ0n) is 14.7.